The van der Waals surface area contributed by atoms with E-state index in [0.717, 1.165) is 4.90 Å². The molecule has 1 rings (SSSR count). The molecule has 0 atom stereocenters. The molecule has 27 heteroatoms. The number of nitrogens with zero attached hydrogens (tertiary/aromatic N) is 3. The Labute approximate surface area is 515 Å². The zero-order valence-corrected chi connectivity index (χ0v) is 52.0. The van der Waals surface area contributed by atoms with Crippen molar-refractivity contribution in [3.63, 3.8) is 0 Å². The van der Waals surface area contributed by atoms with Crippen LogP contribution in [-0.4, -0.2) is 239 Å². The largest absolute Gasteiger partial charge is 3.00 e. The summed E-state index contributed by atoms with van der Waals surface area (Å²) < 4.78 is 69.7. The molecular weight excluding hydrogens is 1180 g/mol. The maximum atomic E-state index is 13.4. The second-order valence-electron chi connectivity index (χ2n) is 20.0. The third-order valence-electron chi connectivity index (χ3n) is 9.66. The molecule has 1 N–H and O–H groups in total. The van der Waals surface area contributed by atoms with Gasteiger partial charge in [0.05, 0.1) is 146 Å². The van der Waals surface area contributed by atoms with E-state index in [1.165, 1.54) is 9.80 Å². The molecule has 0 aromatic heterocycles. The number of aliphatic carboxylic acids is 4. The number of carbonyl (C=O) groups excluding carboxylic acids is 5. The van der Waals surface area contributed by atoms with Crippen LogP contribution in [0, 0.1) is 39.9 Å². The van der Waals surface area contributed by atoms with Gasteiger partial charge in [0.2, 0.25) is 11.7 Å². The molecule has 0 bridgehead atoms. The van der Waals surface area contributed by atoms with Crippen molar-refractivity contribution in [1.29, 1.82) is 0 Å². The SMILES string of the molecule is CC(C)(C)OCCOCCOCCOc1cc(CNC(=O)CN(CCN(CCN(CC(=O)[O-])CC(=O)[O-])CC(=O)[O-])CC(=O)[O-])cc(OCCOCCOCCOC(C)(C)C)c1OCCOCCOCCOC(C)(C)C.[Gd+3].[Na+]. The Kier molecular flexibility index (Phi) is 45.3. The van der Waals surface area contributed by atoms with Crippen LogP contribution in [-0.2, 0) is 73.1 Å². The number of carboxylic acids is 4. The van der Waals surface area contributed by atoms with Crippen LogP contribution in [0.5, 0.6) is 17.2 Å². The molecule has 1 aromatic rings. The average molecular weight is 1270 g/mol. The van der Waals surface area contributed by atoms with Gasteiger partial charge in [0.15, 0.2) is 11.5 Å². The summed E-state index contributed by atoms with van der Waals surface area (Å²) >= 11 is 0. The van der Waals surface area contributed by atoms with Gasteiger partial charge < -0.3 is 102 Å². The van der Waals surface area contributed by atoms with Crippen LogP contribution in [0.2, 0.25) is 0 Å². The molecular formula is C51H86GdN4NaO21. The van der Waals surface area contributed by atoms with Gasteiger partial charge in [0, 0.05) is 58.9 Å². The van der Waals surface area contributed by atoms with E-state index in [2.05, 4.69) is 5.32 Å². The second kappa shape index (κ2) is 45.3. The molecule has 1 amide bonds. The summed E-state index contributed by atoms with van der Waals surface area (Å²) in [5.41, 5.74) is -0.328. The Morgan fingerprint density at radius 3 is 1.00 bits per heavy atom. The van der Waals surface area contributed by atoms with Crippen LogP contribution in [0.4, 0.5) is 0 Å². The molecule has 1 aromatic carbocycles. The third kappa shape index (κ3) is 47.5. The first-order valence-electron chi connectivity index (χ1n) is 25.5. The smallest absolute Gasteiger partial charge is 0.549 e. The van der Waals surface area contributed by atoms with Crippen molar-refractivity contribution in [3.8, 4) is 17.2 Å². The number of carbonyl (C=O) groups is 5. The summed E-state index contributed by atoms with van der Waals surface area (Å²) in [6.07, 6.45) is 0. The molecule has 0 aliphatic heterocycles. The first kappa shape index (κ1) is 77.9. The molecule has 0 saturated heterocycles. The number of rotatable bonds is 48. The molecule has 445 valence electrons. The third-order valence-corrected chi connectivity index (χ3v) is 9.66. The van der Waals surface area contributed by atoms with Crippen molar-refractivity contribution < 1.29 is 171 Å². The van der Waals surface area contributed by atoms with Gasteiger partial charge in [-0.1, -0.05) is 0 Å². The normalized spacial score (nSPS) is 11.8. The standard InChI is InChI=1S/C51H90N4O21.Gd.Na/c1-49(2,3)74-29-23-68-17-14-65-20-26-71-41-32-40(34-52-43(56)35-54(37-45(59)60)12-10-53(36-44(57)58)11-13-55(38-46(61)62)39-47(63)64)33-42(72-27-21-66-15-18-69-24-30-75-50(4,5)6)48(41)73-28-22-67-16-19-70-25-31-76-51(7,8)9;;/h32-33H,10-31,34-39H2,1-9H3,(H,52,56)(H,57,58)(H,59,60)(H,61,62)(H,63,64);;/q;+3;+1/p-4. The van der Waals surface area contributed by atoms with E-state index in [9.17, 15) is 44.4 Å². The fraction of sp³-hybridized carbons (Fsp3) is 0.784. The van der Waals surface area contributed by atoms with Crippen molar-refractivity contribution in [3.05, 3.63) is 17.7 Å². The maximum absolute atomic E-state index is 13.4. The number of amides is 1. The van der Waals surface area contributed by atoms with Crippen molar-refractivity contribution in [2.75, 3.05) is 178 Å². The van der Waals surface area contributed by atoms with Crippen LogP contribution in [0.3, 0.4) is 0 Å². The fourth-order valence-corrected chi connectivity index (χ4v) is 6.35. The minimum Gasteiger partial charge on any atom is -0.549 e. The topological polar surface area (TPSA) is 310 Å². The molecule has 0 aliphatic carbocycles. The zero-order chi connectivity index (χ0) is 56.8. The first-order chi connectivity index (χ1) is 35.8. The van der Waals surface area contributed by atoms with Crippen molar-refractivity contribution in [1.82, 2.24) is 20.0 Å². The fourth-order valence-electron chi connectivity index (χ4n) is 6.35. The Bertz CT molecular complexity index is 1720. The van der Waals surface area contributed by atoms with Crippen molar-refractivity contribution in [2.24, 2.45) is 0 Å². The van der Waals surface area contributed by atoms with Crippen LogP contribution in [0.25, 0.3) is 0 Å². The minimum atomic E-state index is -1.56. The quantitative estimate of drug-likeness (QED) is 0.0469. The summed E-state index contributed by atoms with van der Waals surface area (Å²) in [5, 5.41) is 48.4. The van der Waals surface area contributed by atoms with Gasteiger partial charge >= 0.3 is 69.5 Å². The van der Waals surface area contributed by atoms with E-state index in [1.54, 1.807) is 12.1 Å². The molecule has 25 nitrogen and oxygen atoms in total. The summed E-state index contributed by atoms with van der Waals surface area (Å²) in [7, 11) is 0. The second-order valence-corrected chi connectivity index (χ2v) is 20.0. The minimum absolute atomic E-state index is 0. The molecule has 1 radical (unpaired) electrons. The van der Waals surface area contributed by atoms with Crippen molar-refractivity contribution >= 4 is 29.8 Å². The number of hydrogen-bond acceptors (Lipinski definition) is 24. The molecule has 0 spiro atoms. The monoisotopic (exact) mass is 1270 g/mol. The summed E-state index contributed by atoms with van der Waals surface area (Å²) in [4.78, 5) is 62.5. The Morgan fingerprint density at radius 1 is 0.410 bits per heavy atom. The van der Waals surface area contributed by atoms with Gasteiger partial charge in [-0.15, -0.1) is 0 Å². The first-order valence-corrected chi connectivity index (χ1v) is 25.5. The van der Waals surface area contributed by atoms with Crippen LogP contribution in [0.1, 0.15) is 67.9 Å². The number of carboxylic acid groups (broad SMARTS) is 4. The van der Waals surface area contributed by atoms with E-state index >= 15 is 0 Å². The Hall–Kier alpha value is -2.19. The predicted octanol–water partition coefficient (Wildman–Crippen LogP) is -6.11. The molecule has 0 heterocycles. The maximum Gasteiger partial charge on any atom is 3.00 e. The van der Waals surface area contributed by atoms with Gasteiger partial charge in [-0.25, -0.2) is 0 Å². The van der Waals surface area contributed by atoms with Gasteiger partial charge in [0.25, 0.3) is 0 Å². The van der Waals surface area contributed by atoms with Gasteiger partial charge in [-0.2, -0.15) is 0 Å². The summed E-state index contributed by atoms with van der Waals surface area (Å²) in [6.45, 7) is 18.7. The van der Waals surface area contributed by atoms with E-state index < -0.39 is 62.5 Å². The molecule has 0 unspecified atom stereocenters. The number of ether oxygens (including phenoxy) is 12. The summed E-state index contributed by atoms with van der Waals surface area (Å²) in [6, 6.07) is 3.29. The van der Waals surface area contributed by atoms with E-state index in [-0.39, 0.29) is 176 Å². The van der Waals surface area contributed by atoms with Crippen LogP contribution in [0.15, 0.2) is 12.1 Å². The number of hydrogen-bond donors (Lipinski definition) is 1. The number of nitrogens with one attached hydrogen (secondary N) is 1. The Balaban J connectivity index is 0. The molecule has 0 aliphatic rings. The average Bonchev–Trinajstić information content (AvgIpc) is 3.29. The Morgan fingerprint density at radius 2 is 0.679 bits per heavy atom. The van der Waals surface area contributed by atoms with Crippen molar-refractivity contribution in [2.45, 2.75) is 85.7 Å². The van der Waals surface area contributed by atoms with Gasteiger partial charge in [-0.3, -0.25) is 19.5 Å². The predicted molar refractivity (Wildman–Crippen MR) is 266 cm³/mol. The van der Waals surface area contributed by atoms with Crippen LogP contribution < -0.4 is 69.5 Å². The van der Waals surface area contributed by atoms with Gasteiger partial charge in [0.1, 0.15) is 19.8 Å². The molecule has 0 saturated carbocycles. The van der Waals surface area contributed by atoms with Gasteiger partial charge in [-0.05, 0) is 80.0 Å². The molecule has 78 heavy (non-hydrogen) atoms. The van der Waals surface area contributed by atoms with E-state index in [4.69, 9.17) is 56.8 Å². The van der Waals surface area contributed by atoms with E-state index in [0.29, 0.717) is 84.8 Å². The van der Waals surface area contributed by atoms with E-state index in [1.807, 2.05) is 62.3 Å². The number of benzene rings is 1. The van der Waals surface area contributed by atoms with Crippen LogP contribution >= 0.6 is 0 Å². The molecule has 0 fully saturated rings. The summed E-state index contributed by atoms with van der Waals surface area (Å²) in [5.74, 6) is -6.02. The zero-order valence-electron chi connectivity index (χ0n) is 47.7.